The lowest BCUT2D eigenvalue weighted by molar-refractivity contribution is 0.552. The van der Waals surface area contributed by atoms with Crippen LogP contribution in [0.15, 0.2) is 36.9 Å². The first-order valence-corrected chi connectivity index (χ1v) is 13.3. The molecule has 0 atom stereocenters. The third kappa shape index (κ3) is 10.3. The number of hydrogen-bond acceptors (Lipinski definition) is 0. The lowest BCUT2D eigenvalue weighted by Gasteiger charge is -2.09. The van der Waals surface area contributed by atoms with Crippen LogP contribution in [0.25, 0.3) is 0 Å². The highest BCUT2D eigenvalue weighted by atomic mass is 35.7. The van der Waals surface area contributed by atoms with E-state index in [4.69, 9.17) is 22.2 Å². The topological polar surface area (TPSA) is 0 Å². The van der Waals surface area contributed by atoms with E-state index >= 15 is 0 Å². The molecule has 0 saturated heterocycles. The second-order valence-electron chi connectivity index (χ2n) is 6.36. The van der Waals surface area contributed by atoms with E-state index in [0.29, 0.717) is 0 Å². The van der Waals surface area contributed by atoms with E-state index in [1.165, 1.54) is 81.4 Å². The van der Waals surface area contributed by atoms with Crippen LogP contribution in [0.4, 0.5) is 0 Å². The van der Waals surface area contributed by atoms with Gasteiger partial charge in [0, 0.05) is 0 Å². The van der Waals surface area contributed by atoms with Crippen LogP contribution in [0.1, 0.15) is 76.2 Å². The van der Waals surface area contributed by atoms with E-state index < -0.39 is 7.42 Å². The maximum absolute atomic E-state index is 6.16. The van der Waals surface area contributed by atoms with Gasteiger partial charge >= 0.3 is 0 Å². The third-order valence-electron chi connectivity index (χ3n) is 4.39. The second kappa shape index (κ2) is 14.1. The molecule has 0 radical (unpaired) electrons. The predicted molar refractivity (Wildman–Crippen MR) is 110 cm³/mol. The van der Waals surface area contributed by atoms with Crippen molar-refractivity contribution >= 4 is 34.8 Å². The number of benzene rings is 1. The van der Waals surface area contributed by atoms with Crippen molar-refractivity contribution < 1.29 is 0 Å². The Morgan fingerprint density at radius 2 is 1.30 bits per heavy atom. The average molecular weight is 371 g/mol. The van der Waals surface area contributed by atoms with Crippen LogP contribution in [0.2, 0.25) is 0 Å². The largest absolute Gasteiger partial charge is 0.266 e. The lowest BCUT2D eigenvalue weighted by atomic mass is 10.0. The molecule has 0 aliphatic rings. The van der Waals surface area contributed by atoms with Crippen molar-refractivity contribution in [3.05, 3.63) is 42.5 Å². The summed E-state index contributed by atoms with van der Waals surface area (Å²) in [5, 5.41) is 1.22. The summed E-state index contributed by atoms with van der Waals surface area (Å²) in [6.07, 6.45) is 18.0. The van der Waals surface area contributed by atoms with Gasteiger partial charge in [-0.2, -0.15) is 0 Å². The molecule has 0 aromatic heterocycles. The van der Waals surface area contributed by atoms with Gasteiger partial charge in [-0.15, -0.1) is 28.7 Å². The average Bonchev–Trinajstić information content (AvgIpc) is 2.56. The molecule has 0 aliphatic heterocycles. The minimum absolute atomic E-state index is 1.13. The fourth-order valence-electron chi connectivity index (χ4n) is 2.99. The van der Waals surface area contributed by atoms with Crippen LogP contribution >= 0.6 is 22.2 Å². The van der Waals surface area contributed by atoms with Crippen molar-refractivity contribution in [2.24, 2.45) is 0 Å². The predicted octanol–water partition coefficient (Wildman–Crippen LogP) is 6.61. The van der Waals surface area contributed by atoms with Crippen molar-refractivity contribution in [1.29, 1.82) is 0 Å². The van der Waals surface area contributed by atoms with E-state index in [2.05, 4.69) is 24.8 Å². The van der Waals surface area contributed by atoms with E-state index in [0.717, 1.165) is 6.42 Å². The Morgan fingerprint density at radius 3 is 1.87 bits per heavy atom. The van der Waals surface area contributed by atoms with Crippen LogP contribution in [0, 0.1) is 0 Å². The smallest absolute Gasteiger partial charge is 0.144 e. The molecular formula is C20H32Cl2Si. The van der Waals surface area contributed by atoms with Gasteiger partial charge in [0.1, 0.15) is 0 Å². The van der Waals surface area contributed by atoms with Crippen molar-refractivity contribution in [1.82, 2.24) is 0 Å². The Morgan fingerprint density at radius 1 is 0.783 bits per heavy atom. The summed E-state index contributed by atoms with van der Waals surface area (Å²) in [5.74, 6) is 0. The van der Waals surface area contributed by atoms with Crippen LogP contribution in [-0.2, 0) is 6.42 Å². The van der Waals surface area contributed by atoms with Gasteiger partial charge in [0.15, 0.2) is 0 Å². The van der Waals surface area contributed by atoms with Gasteiger partial charge in [-0.3, -0.25) is 0 Å². The number of halogens is 2. The molecule has 0 nitrogen and oxygen atoms in total. The summed E-state index contributed by atoms with van der Waals surface area (Å²) < 4.78 is 0. The molecule has 1 aromatic rings. The molecule has 0 saturated carbocycles. The maximum Gasteiger partial charge on any atom is 0.266 e. The number of hydrogen-bond donors (Lipinski definition) is 0. The molecule has 0 unspecified atom stereocenters. The standard InChI is InChI=1S/C20H32Cl2Si/c1-2-3-4-5-6-7-8-9-10-11-12-13-16-19-17-14-15-18-20(19)23(21)22/h2,14-15,17-18,23H,1,3-13,16H2. The van der Waals surface area contributed by atoms with Gasteiger partial charge in [-0.05, 0) is 36.4 Å². The molecule has 3 heteroatoms. The van der Waals surface area contributed by atoms with Crippen molar-refractivity contribution in [2.45, 2.75) is 77.0 Å². The van der Waals surface area contributed by atoms with Crippen molar-refractivity contribution in [2.75, 3.05) is 0 Å². The number of allylic oxidation sites excluding steroid dienone is 1. The minimum atomic E-state index is -1.72. The van der Waals surface area contributed by atoms with Gasteiger partial charge in [-0.1, -0.05) is 81.7 Å². The number of unbranched alkanes of at least 4 members (excludes halogenated alkanes) is 10. The fraction of sp³-hybridized carbons (Fsp3) is 0.600. The minimum Gasteiger partial charge on any atom is -0.144 e. The zero-order valence-electron chi connectivity index (χ0n) is 14.4. The molecule has 0 heterocycles. The molecule has 0 bridgehead atoms. The normalized spacial score (nSPS) is 11.1. The Hall–Kier alpha value is -0.243. The number of aryl methyl sites for hydroxylation is 1. The second-order valence-corrected chi connectivity index (χ2v) is 10.9. The zero-order valence-corrected chi connectivity index (χ0v) is 17.1. The van der Waals surface area contributed by atoms with Crippen LogP contribution in [-0.4, -0.2) is 7.42 Å². The highest BCUT2D eigenvalue weighted by Gasteiger charge is 2.10. The molecular weight excluding hydrogens is 339 g/mol. The van der Waals surface area contributed by atoms with Gasteiger partial charge in [0.2, 0.25) is 0 Å². The first kappa shape index (κ1) is 20.8. The Labute approximate surface area is 154 Å². The van der Waals surface area contributed by atoms with E-state index in [1.807, 2.05) is 12.1 Å². The van der Waals surface area contributed by atoms with Crippen molar-refractivity contribution in [3.8, 4) is 0 Å². The SMILES string of the molecule is C=CCCCCCCCCCCCCc1ccccc1[SiH](Cl)Cl. The molecule has 23 heavy (non-hydrogen) atoms. The van der Waals surface area contributed by atoms with Crippen molar-refractivity contribution in [3.63, 3.8) is 0 Å². The summed E-state index contributed by atoms with van der Waals surface area (Å²) in [6.45, 7) is 3.76. The first-order valence-electron chi connectivity index (χ1n) is 9.22. The maximum atomic E-state index is 6.16. The summed E-state index contributed by atoms with van der Waals surface area (Å²) in [6, 6.07) is 8.42. The van der Waals surface area contributed by atoms with E-state index in [9.17, 15) is 0 Å². The van der Waals surface area contributed by atoms with Gasteiger partial charge in [0.25, 0.3) is 7.42 Å². The molecule has 1 rings (SSSR count). The number of rotatable bonds is 14. The molecule has 0 spiro atoms. The molecule has 0 fully saturated rings. The monoisotopic (exact) mass is 370 g/mol. The molecule has 0 aliphatic carbocycles. The van der Waals surface area contributed by atoms with Crippen LogP contribution in [0.3, 0.4) is 0 Å². The van der Waals surface area contributed by atoms with Gasteiger partial charge in [-0.25, -0.2) is 0 Å². The van der Waals surface area contributed by atoms with Gasteiger partial charge in [0.05, 0.1) is 0 Å². The van der Waals surface area contributed by atoms with E-state index in [1.54, 1.807) is 0 Å². The Balaban J connectivity index is 1.97. The molecule has 130 valence electrons. The Bertz CT molecular complexity index is 418. The molecule has 1 aromatic carbocycles. The van der Waals surface area contributed by atoms with Crippen LogP contribution in [0.5, 0.6) is 0 Å². The summed E-state index contributed by atoms with van der Waals surface area (Å²) in [4.78, 5) is 0. The van der Waals surface area contributed by atoms with Gasteiger partial charge < -0.3 is 0 Å². The lowest BCUT2D eigenvalue weighted by Crippen LogP contribution is -2.22. The molecule has 0 amide bonds. The van der Waals surface area contributed by atoms with Crippen LogP contribution < -0.4 is 5.19 Å². The zero-order chi connectivity index (χ0) is 16.8. The summed E-state index contributed by atoms with van der Waals surface area (Å²) in [7, 11) is -1.72. The fourth-order valence-corrected chi connectivity index (χ4v) is 5.05. The first-order chi connectivity index (χ1) is 11.3. The highest BCUT2D eigenvalue weighted by Crippen LogP contribution is 2.13. The summed E-state index contributed by atoms with van der Waals surface area (Å²) in [5.41, 5.74) is 1.37. The molecule has 0 N–H and O–H groups in total. The quantitative estimate of drug-likeness (QED) is 0.149. The summed E-state index contributed by atoms with van der Waals surface area (Å²) >= 11 is 12.3. The third-order valence-corrected chi connectivity index (χ3v) is 6.84. The highest BCUT2D eigenvalue weighted by molar-refractivity contribution is 7.39. The Kier molecular flexibility index (Phi) is 12.8. The van der Waals surface area contributed by atoms with E-state index in [-0.39, 0.29) is 0 Å².